The van der Waals surface area contributed by atoms with Crippen molar-refractivity contribution in [1.29, 1.82) is 0 Å². The summed E-state index contributed by atoms with van der Waals surface area (Å²) in [6.07, 6.45) is 2.27. The molecular formula is C32H41N3O5S2. The van der Waals surface area contributed by atoms with Crippen LogP contribution in [0, 0.1) is 6.92 Å². The van der Waals surface area contributed by atoms with Gasteiger partial charge in [-0.15, -0.1) is 11.8 Å². The highest BCUT2D eigenvalue weighted by molar-refractivity contribution is 7.98. The van der Waals surface area contributed by atoms with Gasteiger partial charge in [0, 0.05) is 17.5 Å². The van der Waals surface area contributed by atoms with Gasteiger partial charge in [-0.05, 0) is 87.9 Å². The van der Waals surface area contributed by atoms with E-state index >= 15 is 0 Å². The van der Waals surface area contributed by atoms with Gasteiger partial charge in [0.15, 0.2) is 0 Å². The first-order valence-electron chi connectivity index (χ1n) is 14.1. The number of nitrogens with zero attached hydrogens (tertiary/aromatic N) is 2. The number of carbonyl (C=O) groups is 2. The van der Waals surface area contributed by atoms with Gasteiger partial charge in [0.2, 0.25) is 11.8 Å². The molecule has 0 aromatic heterocycles. The van der Waals surface area contributed by atoms with Gasteiger partial charge in [-0.3, -0.25) is 13.9 Å². The summed E-state index contributed by atoms with van der Waals surface area (Å²) in [6.45, 7) is 9.26. The minimum absolute atomic E-state index is 0.0504. The van der Waals surface area contributed by atoms with E-state index in [2.05, 4.69) is 5.32 Å². The number of hydrogen-bond donors (Lipinski definition) is 1. The molecule has 0 aliphatic rings. The number of para-hydroxylation sites is 2. The highest BCUT2D eigenvalue weighted by Crippen LogP contribution is 2.33. The molecule has 42 heavy (non-hydrogen) atoms. The lowest BCUT2D eigenvalue weighted by molar-refractivity contribution is -0.140. The van der Waals surface area contributed by atoms with Crippen molar-refractivity contribution >= 4 is 39.3 Å². The van der Waals surface area contributed by atoms with E-state index in [1.807, 2.05) is 65.1 Å². The Morgan fingerprint density at radius 3 is 2.19 bits per heavy atom. The van der Waals surface area contributed by atoms with Crippen molar-refractivity contribution in [3.05, 3.63) is 83.9 Å². The normalized spacial score (nSPS) is 12.1. The van der Waals surface area contributed by atoms with E-state index in [9.17, 15) is 18.0 Å². The number of hydrogen-bond acceptors (Lipinski definition) is 6. The molecule has 3 aromatic carbocycles. The number of aryl methyl sites for hydroxylation is 1. The van der Waals surface area contributed by atoms with Crippen LogP contribution in [0.4, 0.5) is 5.69 Å². The second-order valence-electron chi connectivity index (χ2n) is 10.1. The second kappa shape index (κ2) is 15.1. The molecule has 226 valence electrons. The zero-order valence-electron chi connectivity index (χ0n) is 25.2. The van der Waals surface area contributed by atoms with Crippen LogP contribution in [0.5, 0.6) is 5.75 Å². The Morgan fingerprint density at radius 1 is 0.952 bits per heavy atom. The molecule has 0 aliphatic heterocycles. The fraction of sp³-hybridized carbons (Fsp3) is 0.375. The van der Waals surface area contributed by atoms with Crippen LogP contribution >= 0.6 is 11.8 Å². The summed E-state index contributed by atoms with van der Waals surface area (Å²) in [5, 5.41) is 2.92. The first kappa shape index (κ1) is 33.0. The first-order valence-corrected chi connectivity index (χ1v) is 16.7. The molecule has 1 N–H and O–H groups in total. The van der Waals surface area contributed by atoms with Crippen molar-refractivity contribution in [2.24, 2.45) is 0 Å². The van der Waals surface area contributed by atoms with E-state index in [-0.39, 0.29) is 29.1 Å². The van der Waals surface area contributed by atoms with Gasteiger partial charge in [0.05, 0.1) is 17.2 Å². The predicted octanol–water partition coefficient (Wildman–Crippen LogP) is 5.64. The molecule has 1 atom stereocenters. The van der Waals surface area contributed by atoms with Gasteiger partial charge < -0.3 is 15.0 Å². The van der Waals surface area contributed by atoms with Crippen molar-refractivity contribution in [3.8, 4) is 5.75 Å². The third-order valence-electron chi connectivity index (χ3n) is 6.78. The van der Waals surface area contributed by atoms with E-state index in [1.54, 1.807) is 36.4 Å². The fourth-order valence-electron chi connectivity index (χ4n) is 4.60. The SMILES string of the molecule is CCOc1ccccc1N(CC(=O)N(Cc1ccccc1C)[C@H](CC)C(=O)NC(C)C)S(=O)(=O)c1ccc(SC)cc1. The summed E-state index contributed by atoms with van der Waals surface area (Å²) >= 11 is 1.50. The molecule has 3 rings (SSSR count). The number of thioether (sulfide) groups is 1. The molecule has 0 aliphatic carbocycles. The van der Waals surface area contributed by atoms with E-state index in [0.29, 0.717) is 18.8 Å². The van der Waals surface area contributed by atoms with E-state index < -0.39 is 28.5 Å². The lowest BCUT2D eigenvalue weighted by Crippen LogP contribution is -2.53. The lowest BCUT2D eigenvalue weighted by atomic mass is 10.1. The van der Waals surface area contributed by atoms with Crippen LogP contribution in [0.3, 0.4) is 0 Å². The number of benzene rings is 3. The average molecular weight is 612 g/mol. The maximum atomic E-state index is 14.3. The minimum Gasteiger partial charge on any atom is -0.492 e. The zero-order chi connectivity index (χ0) is 30.9. The van der Waals surface area contributed by atoms with Crippen molar-refractivity contribution in [2.75, 3.05) is 23.7 Å². The number of anilines is 1. The lowest BCUT2D eigenvalue weighted by Gasteiger charge is -2.34. The topological polar surface area (TPSA) is 96.0 Å². The average Bonchev–Trinajstić information content (AvgIpc) is 2.96. The summed E-state index contributed by atoms with van der Waals surface area (Å²) in [5.74, 6) is -0.446. The summed E-state index contributed by atoms with van der Waals surface area (Å²) in [4.78, 5) is 30.1. The number of nitrogens with one attached hydrogen (secondary N) is 1. The van der Waals surface area contributed by atoms with Crippen LogP contribution in [0.15, 0.2) is 82.6 Å². The fourth-order valence-corrected chi connectivity index (χ4v) is 6.43. The number of sulfonamides is 1. The Balaban J connectivity index is 2.13. The van der Waals surface area contributed by atoms with Crippen molar-refractivity contribution < 1.29 is 22.7 Å². The van der Waals surface area contributed by atoms with Crippen molar-refractivity contribution in [1.82, 2.24) is 10.2 Å². The van der Waals surface area contributed by atoms with Crippen LogP contribution < -0.4 is 14.4 Å². The molecule has 0 spiro atoms. The van der Waals surface area contributed by atoms with Crippen molar-refractivity contribution in [3.63, 3.8) is 0 Å². The Labute approximate surface area is 254 Å². The van der Waals surface area contributed by atoms with E-state index in [0.717, 1.165) is 20.3 Å². The van der Waals surface area contributed by atoms with Crippen LogP contribution in [-0.4, -0.2) is 56.6 Å². The highest BCUT2D eigenvalue weighted by atomic mass is 32.2. The Morgan fingerprint density at radius 2 is 1.60 bits per heavy atom. The molecular weight excluding hydrogens is 571 g/mol. The summed E-state index contributed by atoms with van der Waals surface area (Å²) in [5.41, 5.74) is 2.09. The van der Waals surface area contributed by atoms with Gasteiger partial charge in [-0.25, -0.2) is 8.42 Å². The van der Waals surface area contributed by atoms with Gasteiger partial charge >= 0.3 is 0 Å². The van der Waals surface area contributed by atoms with Crippen LogP contribution in [0.1, 0.15) is 45.2 Å². The Kier molecular flexibility index (Phi) is 11.9. The van der Waals surface area contributed by atoms with Crippen LogP contribution in [-0.2, 0) is 26.2 Å². The highest BCUT2D eigenvalue weighted by Gasteiger charge is 2.35. The number of carbonyl (C=O) groups excluding carboxylic acids is 2. The first-order chi connectivity index (χ1) is 20.0. The summed E-state index contributed by atoms with van der Waals surface area (Å²) in [6, 6.07) is 20.0. The molecule has 10 heteroatoms. The van der Waals surface area contributed by atoms with Gasteiger partial charge in [-0.1, -0.05) is 43.3 Å². The molecule has 0 unspecified atom stereocenters. The van der Waals surface area contributed by atoms with Gasteiger partial charge in [0.1, 0.15) is 18.3 Å². The number of amides is 2. The van der Waals surface area contributed by atoms with Crippen LogP contribution in [0.2, 0.25) is 0 Å². The smallest absolute Gasteiger partial charge is 0.264 e. The quantitative estimate of drug-likeness (QED) is 0.237. The Hall–Kier alpha value is -3.50. The molecule has 3 aromatic rings. The molecule has 0 fully saturated rings. The number of rotatable bonds is 14. The second-order valence-corrected chi connectivity index (χ2v) is 12.9. The molecule has 0 radical (unpaired) electrons. The molecule has 0 saturated heterocycles. The molecule has 0 heterocycles. The maximum absolute atomic E-state index is 14.3. The standard InChI is InChI=1S/C32H41N3O5S2/c1-7-28(32(37)33-23(3)4)34(21-25-14-10-9-13-24(25)5)31(36)22-35(29-15-11-12-16-30(29)40-8-2)42(38,39)27-19-17-26(41-6)18-20-27/h9-20,23,28H,7-8,21-22H2,1-6H3,(H,33,37)/t28-/m1/s1. The summed E-state index contributed by atoms with van der Waals surface area (Å²) in [7, 11) is -4.21. The van der Waals surface area contributed by atoms with Gasteiger partial charge in [0.25, 0.3) is 10.0 Å². The molecule has 0 bridgehead atoms. The Bertz CT molecular complexity index is 1460. The van der Waals surface area contributed by atoms with E-state index in [1.165, 1.54) is 28.8 Å². The molecule has 2 amide bonds. The van der Waals surface area contributed by atoms with Crippen LogP contribution in [0.25, 0.3) is 0 Å². The summed E-state index contributed by atoms with van der Waals surface area (Å²) < 4.78 is 35.3. The third-order valence-corrected chi connectivity index (χ3v) is 9.30. The predicted molar refractivity (Wildman–Crippen MR) is 169 cm³/mol. The third kappa shape index (κ3) is 8.07. The maximum Gasteiger partial charge on any atom is 0.264 e. The monoisotopic (exact) mass is 611 g/mol. The largest absolute Gasteiger partial charge is 0.492 e. The number of ether oxygens (including phenoxy) is 1. The van der Waals surface area contributed by atoms with Gasteiger partial charge in [-0.2, -0.15) is 0 Å². The zero-order valence-corrected chi connectivity index (χ0v) is 26.8. The van der Waals surface area contributed by atoms with Crippen molar-refractivity contribution in [2.45, 2.75) is 69.5 Å². The van der Waals surface area contributed by atoms with E-state index in [4.69, 9.17) is 4.74 Å². The molecule has 8 nitrogen and oxygen atoms in total. The minimum atomic E-state index is -4.21. The molecule has 0 saturated carbocycles.